The van der Waals surface area contributed by atoms with Crippen LogP contribution in [0.5, 0.6) is 0 Å². The molecule has 5 heteroatoms. The van der Waals surface area contributed by atoms with Crippen LogP contribution < -0.4 is 5.73 Å². The molecule has 2 heterocycles. The Bertz CT molecular complexity index is 565. The lowest BCUT2D eigenvalue weighted by molar-refractivity contribution is 0.596. The Morgan fingerprint density at radius 2 is 2.18 bits per heavy atom. The highest BCUT2D eigenvalue weighted by molar-refractivity contribution is 5.77. The van der Waals surface area contributed by atoms with Gasteiger partial charge in [-0.1, -0.05) is 13.8 Å². The minimum atomic E-state index is 0.627. The van der Waals surface area contributed by atoms with E-state index >= 15 is 0 Å². The van der Waals surface area contributed by atoms with E-state index in [0.717, 1.165) is 41.7 Å². The molecule has 0 bridgehead atoms. The zero-order chi connectivity index (χ0) is 12.2. The highest BCUT2D eigenvalue weighted by Gasteiger charge is 2.34. The minimum Gasteiger partial charge on any atom is -0.369 e. The van der Waals surface area contributed by atoms with Gasteiger partial charge in [-0.3, -0.25) is 9.25 Å². The van der Waals surface area contributed by atoms with Gasteiger partial charge >= 0.3 is 0 Å². The molecule has 1 aliphatic carbocycles. The lowest BCUT2D eigenvalue weighted by atomic mass is 10.3. The summed E-state index contributed by atoms with van der Waals surface area (Å²) in [7, 11) is 1.97. The molecule has 92 valence electrons. The maximum atomic E-state index is 6.02. The van der Waals surface area contributed by atoms with Gasteiger partial charge in [0.25, 0.3) is 0 Å². The molecule has 2 N–H and O–H groups in total. The van der Waals surface area contributed by atoms with E-state index in [1.165, 1.54) is 6.42 Å². The van der Waals surface area contributed by atoms with Crippen LogP contribution in [-0.2, 0) is 20.0 Å². The summed E-state index contributed by atoms with van der Waals surface area (Å²) in [5.74, 6) is 2.21. The fraction of sp³-hybridized carbons (Fsp3) is 0.667. The molecular weight excluding hydrogens is 214 g/mol. The first-order valence-electron chi connectivity index (χ1n) is 6.29. The molecule has 1 saturated carbocycles. The second kappa shape index (κ2) is 3.48. The fourth-order valence-electron chi connectivity index (χ4n) is 2.56. The largest absolute Gasteiger partial charge is 0.369 e. The zero-order valence-corrected chi connectivity index (χ0v) is 10.6. The van der Waals surface area contributed by atoms with E-state index in [1.54, 1.807) is 0 Å². The zero-order valence-electron chi connectivity index (χ0n) is 10.6. The Balaban J connectivity index is 2.09. The molecule has 1 fully saturated rings. The molecule has 0 aliphatic heterocycles. The van der Waals surface area contributed by atoms with Crippen molar-refractivity contribution in [1.29, 1.82) is 0 Å². The van der Waals surface area contributed by atoms with Gasteiger partial charge in [-0.25, -0.2) is 4.98 Å². The Morgan fingerprint density at radius 3 is 2.76 bits per heavy atom. The van der Waals surface area contributed by atoms with Gasteiger partial charge in [0.05, 0.1) is 5.69 Å². The van der Waals surface area contributed by atoms with Crippen LogP contribution in [0.2, 0.25) is 0 Å². The number of hydrogen-bond donors (Lipinski definition) is 1. The van der Waals surface area contributed by atoms with Crippen molar-refractivity contribution in [3.63, 3.8) is 0 Å². The molecular formula is C12H19N5. The highest BCUT2D eigenvalue weighted by atomic mass is 15.3. The highest BCUT2D eigenvalue weighted by Crippen LogP contribution is 2.40. The van der Waals surface area contributed by atoms with E-state index in [0.29, 0.717) is 5.95 Å². The third-order valence-electron chi connectivity index (χ3n) is 3.85. The molecule has 3 rings (SSSR count). The molecule has 5 nitrogen and oxygen atoms in total. The Kier molecular flexibility index (Phi) is 2.18. The number of aryl methyl sites for hydroxylation is 2. The molecule has 2 aromatic heterocycles. The van der Waals surface area contributed by atoms with E-state index in [9.17, 15) is 0 Å². The van der Waals surface area contributed by atoms with Gasteiger partial charge in [0.2, 0.25) is 5.95 Å². The number of hydrogen-bond acceptors (Lipinski definition) is 3. The van der Waals surface area contributed by atoms with Crippen molar-refractivity contribution in [2.75, 3.05) is 5.73 Å². The summed E-state index contributed by atoms with van der Waals surface area (Å²) in [6.07, 6.45) is 2.20. The van der Waals surface area contributed by atoms with Crippen LogP contribution in [0.4, 0.5) is 5.95 Å². The molecule has 2 aromatic rings. The van der Waals surface area contributed by atoms with Gasteiger partial charge in [0.1, 0.15) is 5.52 Å². The Hall–Kier alpha value is -1.52. The van der Waals surface area contributed by atoms with Crippen LogP contribution >= 0.6 is 0 Å². The number of nitrogens with two attached hydrogens (primary N) is 1. The average molecular weight is 233 g/mol. The van der Waals surface area contributed by atoms with E-state index < -0.39 is 0 Å². The van der Waals surface area contributed by atoms with Gasteiger partial charge in [-0.05, 0) is 24.7 Å². The van der Waals surface area contributed by atoms with Crippen LogP contribution in [0.3, 0.4) is 0 Å². The van der Waals surface area contributed by atoms with Crippen molar-refractivity contribution in [2.45, 2.75) is 33.2 Å². The Morgan fingerprint density at radius 1 is 1.47 bits per heavy atom. The van der Waals surface area contributed by atoms with Crippen LogP contribution in [0.15, 0.2) is 0 Å². The minimum absolute atomic E-state index is 0.627. The average Bonchev–Trinajstić information content (AvgIpc) is 2.74. The molecule has 0 spiro atoms. The number of rotatable bonds is 3. The Labute approximate surface area is 101 Å². The summed E-state index contributed by atoms with van der Waals surface area (Å²) >= 11 is 0. The molecule has 2 unspecified atom stereocenters. The van der Waals surface area contributed by atoms with Gasteiger partial charge in [-0.2, -0.15) is 5.10 Å². The lowest BCUT2D eigenvalue weighted by Crippen LogP contribution is -2.08. The van der Waals surface area contributed by atoms with E-state index in [2.05, 4.69) is 28.5 Å². The van der Waals surface area contributed by atoms with Crippen molar-refractivity contribution in [1.82, 2.24) is 19.3 Å². The molecule has 2 atom stereocenters. The van der Waals surface area contributed by atoms with Crippen molar-refractivity contribution >= 4 is 17.1 Å². The van der Waals surface area contributed by atoms with Crippen molar-refractivity contribution in [3.05, 3.63) is 5.69 Å². The fourth-order valence-corrected chi connectivity index (χ4v) is 2.56. The molecule has 17 heavy (non-hydrogen) atoms. The number of anilines is 1. The molecule has 1 aliphatic rings. The number of fused-ring (bicyclic) bond motifs is 1. The molecule has 0 aromatic carbocycles. The summed E-state index contributed by atoms with van der Waals surface area (Å²) in [6, 6.07) is 0. The second-order valence-electron chi connectivity index (χ2n) is 5.15. The summed E-state index contributed by atoms with van der Waals surface area (Å²) in [6.45, 7) is 5.36. The van der Waals surface area contributed by atoms with Crippen LogP contribution in [-0.4, -0.2) is 19.3 Å². The third-order valence-corrected chi connectivity index (χ3v) is 3.85. The normalized spacial score (nSPS) is 23.5. The van der Waals surface area contributed by atoms with Crippen molar-refractivity contribution < 1.29 is 0 Å². The number of nitrogens with zero attached hydrogens (tertiary/aromatic N) is 4. The first-order valence-corrected chi connectivity index (χ1v) is 6.29. The van der Waals surface area contributed by atoms with Crippen molar-refractivity contribution in [3.8, 4) is 0 Å². The number of nitrogen functional groups attached to an aromatic ring is 1. The topological polar surface area (TPSA) is 61.7 Å². The van der Waals surface area contributed by atoms with E-state index in [1.807, 2.05) is 11.7 Å². The maximum Gasteiger partial charge on any atom is 0.202 e. The quantitative estimate of drug-likeness (QED) is 0.875. The number of aromatic nitrogens is 4. The van der Waals surface area contributed by atoms with Gasteiger partial charge in [0, 0.05) is 13.6 Å². The van der Waals surface area contributed by atoms with Crippen molar-refractivity contribution in [2.24, 2.45) is 18.9 Å². The molecule has 0 radical (unpaired) electrons. The van der Waals surface area contributed by atoms with E-state index in [4.69, 9.17) is 5.73 Å². The third kappa shape index (κ3) is 1.52. The maximum absolute atomic E-state index is 6.02. The predicted molar refractivity (Wildman–Crippen MR) is 67.6 cm³/mol. The summed E-state index contributed by atoms with van der Waals surface area (Å²) in [5, 5.41) is 4.49. The summed E-state index contributed by atoms with van der Waals surface area (Å²) in [4.78, 5) is 4.47. The van der Waals surface area contributed by atoms with Gasteiger partial charge in [-0.15, -0.1) is 0 Å². The first-order chi connectivity index (χ1) is 8.11. The molecule has 0 saturated heterocycles. The summed E-state index contributed by atoms with van der Waals surface area (Å²) in [5.41, 5.74) is 9.10. The first kappa shape index (κ1) is 10.6. The summed E-state index contributed by atoms with van der Waals surface area (Å²) < 4.78 is 4.03. The molecule has 0 amide bonds. The lowest BCUT2D eigenvalue weighted by Gasteiger charge is -2.05. The van der Waals surface area contributed by atoms with Crippen LogP contribution in [0.25, 0.3) is 11.2 Å². The van der Waals surface area contributed by atoms with Crippen LogP contribution in [0, 0.1) is 11.8 Å². The SMILES string of the molecule is CCc1nn(C)c2c1nc(N)n2CC1CC1C. The monoisotopic (exact) mass is 233 g/mol. The van der Waals surface area contributed by atoms with Gasteiger partial charge in [0.15, 0.2) is 5.65 Å². The standard InChI is InChI=1S/C12H19N5/c1-4-9-10-11(16(3)15-9)17(12(13)14-10)6-8-5-7(8)2/h7-8H,4-6H2,1-3H3,(H2,13,14). The number of imidazole rings is 1. The van der Waals surface area contributed by atoms with Crippen LogP contribution in [0.1, 0.15) is 26.0 Å². The smallest absolute Gasteiger partial charge is 0.202 e. The van der Waals surface area contributed by atoms with E-state index in [-0.39, 0.29) is 0 Å². The predicted octanol–water partition coefficient (Wildman–Crippen LogP) is 1.57. The second-order valence-corrected chi connectivity index (χ2v) is 5.15. The van der Waals surface area contributed by atoms with Gasteiger partial charge < -0.3 is 5.73 Å².